The molecule has 0 aliphatic carbocycles. The molecule has 0 unspecified atom stereocenters. The van der Waals surface area contributed by atoms with Crippen molar-refractivity contribution in [3.63, 3.8) is 0 Å². The van der Waals surface area contributed by atoms with Crippen LogP contribution in [-0.4, -0.2) is 25.0 Å². The Morgan fingerprint density at radius 1 is 1.12 bits per heavy atom. The van der Waals surface area contributed by atoms with Crippen LogP contribution >= 0.6 is 0 Å². The number of methoxy groups -OCH3 is 1. The van der Waals surface area contributed by atoms with Crippen LogP contribution in [0.3, 0.4) is 0 Å². The monoisotopic (exact) mass is 365 g/mol. The molecule has 2 aromatic carbocycles. The Morgan fingerprint density at radius 2 is 1.69 bits per heavy atom. The van der Waals surface area contributed by atoms with E-state index in [-0.39, 0.29) is 17.9 Å². The van der Waals surface area contributed by atoms with Crippen molar-refractivity contribution in [2.75, 3.05) is 7.11 Å². The number of ether oxygens (including phenoxy) is 1. The number of hydrogen-bond acceptors (Lipinski definition) is 3. The molecule has 26 heavy (non-hydrogen) atoms. The summed E-state index contributed by atoms with van der Waals surface area (Å²) in [6.07, 6.45) is -4.95. The van der Waals surface area contributed by atoms with Crippen LogP contribution in [0.1, 0.15) is 16.7 Å². The summed E-state index contributed by atoms with van der Waals surface area (Å²) >= 11 is 0. The predicted octanol–water partition coefficient (Wildman–Crippen LogP) is 2.69. The highest BCUT2D eigenvalue weighted by Crippen LogP contribution is 2.42. The standard InChI is InChI=1S/C18H18F3N3O2/c1-26-17(18(19,20)21,14-5-3-2-4-6-14)16(25)24-11-12-7-9-13(10-8-12)15(22)23/h2-10H,11H2,1H3,(H3,22,23)(H,24,25)/t17-/m0/s1. The zero-order valence-electron chi connectivity index (χ0n) is 13.9. The molecule has 0 saturated carbocycles. The molecule has 0 aromatic heterocycles. The largest absolute Gasteiger partial charge is 0.430 e. The lowest BCUT2D eigenvalue weighted by atomic mass is 9.91. The number of nitrogens with one attached hydrogen (secondary N) is 2. The molecule has 4 N–H and O–H groups in total. The van der Waals surface area contributed by atoms with Crippen molar-refractivity contribution in [1.82, 2.24) is 5.32 Å². The van der Waals surface area contributed by atoms with Crippen LogP contribution in [0.5, 0.6) is 0 Å². The van der Waals surface area contributed by atoms with Gasteiger partial charge in [0.25, 0.3) is 11.5 Å². The van der Waals surface area contributed by atoms with Crippen LogP contribution in [0.2, 0.25) is 0 Å². The lowest BCUT2D eigenvalue weighted by Crippen LogP contribution is -2.55. The second kappa shape index (κ2) is 7.57. The van der Waals surface area contributed by atoms with Gasteiger partial charge in [0.2, 0.25) is 0 Å². The van der Waals surface area contributed by atoms with Crippen LogP contribution < -0.4 is 11.1 Å². The Labute approximate surface area is 148 Å². The van der Waals surface area contributed by atoms with E-state index in [9.17, 15) is 18.0 Å². The van der Waals surface area contributed by atoms with Crippen molar-refractivity contribution in [3.05, 3.63) is 71.3 Å². The maximum absolute atomic E-state index is 13.8. The van der Waals surface area contributed by atoms with E-state index in [0.717, 1.165) is 7.11 Å². The van der Waals surface area contributed by atoms with Crippen molar-refractivity contribution < 1.29 is 22.7 Å². The zero-order valence-corrected chi connectivity index (χ0v) is 13.9. The lowest BCUT2D eigenvalue weighted by Gasteiger charge is -2.33. The van der Waals surface area contributed by atoms with Crippen molar-refractivity contribution >= 4 is 11.7 Å². The van der Waals surface area contributed by atoms with Gasteiger partial charge in [0.1, 0.15) is 5.84 Å². The van der Waals surface area contributed by atoms with E-state index in [2.05, 4.69) is 5.32 Å². The molecule has 0 aliphatic heterocycles. The molecule has 2 rings (SSSR count). The molecule has 0 fully saturated rings. The highest BCUT2D eigenvalue weighted by atomic mass is 19.4. The molecular weight excluding hydrogens is 347 g/mol. The van der Waals surface area contributed by atoms with Crippen LogP contribution in [0.15, 0.2) is 54.6 Å². The molecule has 1 atom stereocenters. The zero-order chi connectivity index (χ0) is 19.4. The molecule has 0 bridgehead atoms. The van der Waals surface area contributed by atoms with Crippen LogP contribution in [0.25, 0.3) is 0 Å². The number of halogens is 3. The van der Waals surface area contributed by atoms with Crippen LogP contribution in [-0.2, 0) is 21.7 Å². The summed E-state index contributed by atoms with van der Waals surface area (Å²) in [6.45, 7) is -0.134. The van der Waals surface area contributed by atoms with Gasteiger partial charge in [-0.15, -0.1) is 0 Å². The summed E-state index contributed by atoms with van der Waals surface area (Å²) in [5.74, 6) is -1.44. The van der Waals surface area contributed by atoms with Crippen LogP contribution in [0, 0.1) is 5.41 Å². The van der Waals surface area contributed by atoms with Crippen molar-refractivity contribution in [3.8, 4) is 0 Å². The quantitative estimate of drug-likeness (QED) is 0.543. The van der Waals surface area contributed by atoms with Crippen molar-refractivity contribution in [1.29, 1.82) is 5.41 Å². The minimum absolute atomic E-state index is 0.125. The van der Waals surface area contributed by atoms with E-state index < -0.39 is 17.7 Å². The number of carbonyl (C=O) groups excluding carboxylic acids is 1. The van der Waals surface area contributed by atoms with Crippen LogP contribution in [0.4, 0.5) is 13.2 Å². The number of alkyl halides is 3. The first kappa shape index (κ1) is 19.5. The number of carbonyl (C=O) groups is 1. The fraction of sp³-hybridized carbons (Fsp3) is 0.222. The van der Waals surface area contributed by atoms with Gasteiger partial charge in [-0.1, -0.05) is 54.6 Å². The molecular formula is C18H18F3N3O2. The summed E-state index contributed by atoms with van der Waals surface area (Å²) < 4.78 is 46.0. The Morgan fingerprint density at radius 3 is 2.15 bits per heavy atom. The summed E-state index contributed by atoms with van der Waals surface area (Å²) in [4.78, 5) is 12.5. The normalized spacial score (nSPS) is 13.7. The first-order valence-corrected chi connectivity index (χ1v) is 7.61. The average molecular weight is 365 g/mol. The lowest BCUT2D eigenvalue weighted by molar-refractivity contribution is -0.265. The second-order valence-corrected chi connectivity index (χ2v) is 5.54. The highest BCUT2D eigenvalue weighted by molar-refractivity contribution is 5.94. The Balaban J connectivity index is 2.26. The predicted molar refractivity (Wildman–Crippen MR) is 90.5 cm³/mol. The first-order chi connectivity index (χ1) is 12.2. The molecule has 8 heteroatoms. The number of nitrogen functional groups attached to an aromatic ring is 1. The molecule has 0 radical (unpaired) electrons. The molecule has 138 valence electrons. The average Bonchev–Trinajstić information content (AvgIpc) is 2.61. The third-order valence-corrected chi connectivity index (χ3v) is 3.92. The first-order valence-electron chi connectivity index (χ1n) is 7.61. The van der Waals surface area contributed by atoms with E-state index >= 15 is 0 Å². The third kappa shape index (κ3) is 3.70. The van der Waals surface area contributed by atoms with Gasteiger partial charge >= 0.3 is 6.18 Å². The van der Waals surface area contributed by atoms with Crippen molar-refractivity contribution in [2.45, 2.75) is 18.3 Å². The van der Waals surface area contributed by atoms with E-state index in [4.69, 9.17) is 15.9 Å². The number of amidine groups is 1. The summed E-state index contributed by atoms with van der Waals surface area (Å²) in [5.41, 5.74) is 2.97. The fourth-order valence-electron chi connectivity index (χ4n) is 2.53. The van der Waals surface area contributed by atoms with Gasteiger partial charge in [0, 0.05) is 24.8 Å². The summed E-state index contributed by atoms with van der Waals surface area (Å²) in [6, 6.07) is 13.0. The SMILES string of the molecule is CO[C@](C(=O)NCc1ccc(C(=N)N)cc1)(c1ccccc1)C(F)(F)F. The minimum Gasteiger partial charge on any atom is -0.384 e. The fourth-order valence-corrected chi connectivity index (χ4v) is 2.53. The smallest absolute Gasteiger partial charge is 0.384 e. The van der Waals surface area contributed by atoms with Gasteiger partial charge in [-0.05, 0) is 5.56 Å². The van der Waals surface area contributed by atoms with Gasteiger partial charge in [0.15, 0.2) is 0 Å². The summed E-state index contributed by atoms with van der Waals surface area (Å²) in [5, 5.41) is 9.59. The van der Waals surface area contributed by atoms with E-state index in [1.54, 1.807) is 30.3 Å². The molecule has 0 heterocycles. The van der Waals surface area contributed by atoms with Gasteiger partial charge in [-0.25, -0.2) is 0 Å². The molecule has 0 aliphatic rings. The number of nitrogens with two attached hydrogens (primary N) is 1. The number of amides is 1. The second-order valence-electron chi connectivity index (χ2n) is 5.54. The van der Waals surface area contributed by atoms with Gasteiger partial charge in [0.05, 0.1) is 0 Å². The number of rotatable bonds is 6. The van der Waals surface area contributed by atoms with Gasteiger partial charge in [-0.3, -0.25) is 10.2 Å². The van der Waals surface area contributed by atoms with E-state index in [1.807, 2.05) is 0 Å². The molecule has 5 nitrogen and oxygen atoms in total. The molecule has 0 saturated heterocycles. The number of hydrogen-bond donors (Lipinski definition) is 3. The maximum Gasteiger partial charge on any atom is 0.430 e. The number of benzene rings is 2. The topological polar surface area (TPSA) is 88.2 Å². The minimum atomic E-state index is -4.95. The van der Waals surface area contributed by atoms with Crippen molar-refractivity contribution in [2.24, 2.45) is 5.73 Å². The van der Waals surface area contributed by atoms with E-state index in [0.29, 0.717) is 11.1 Å². The third-order valence-electron chi connectivity index (χ3n) is 3.92. The Bertz CT molecular complexity index is 777. The van der Waals surface area contributed by atoms with Gasteiger partial charge in [-0.2, -0.15) is 13.2 Å². The Kier molecular flexibility index (Phi) is 5.66. The summed E-state index contributed by atoms with van der Waals surface area (Å²) in [7, 11) is 0.849. The Hall–Kier alpha value is -2.87. The van der Waals surface area contributed by atoms with E-state index in [1.165, 1.54) is 24.3 Å². The maximum atomic E-state index is 13.8. The van der Waals surface area contributed by atoms with Gasteiger partial charge < -0.3 is 15.8 Å². The molecule has 0 spiro atoms. The molecule has 1 amide bonds. The molecule has 2 aromatic rings. The highest BCUT2D eigenvalue weighted by Gasteiger charge is 2.62.